The molecule has 0 bridgehead atoms. The molecule has 1 aliphatic heterocycles. The number of aromatic nitrogens is 3. The smallest absolute Gasteiger partial charge is 0.212 e. The number of nitrogens with zero attached hydrogens (tertiary/aromatic N) is 4. The van der Waals surface area contributed by atoms with Gasteiger partial charge in [0.2, 0.25) is 5.16 Å². The predicted molar refractivity (Wildman–Crippen MR) is 106 cm³/mol. The van der Waals surface area contributed by atoms with E-state index in [0.717, 1.165) is 27.7 Å². The molecule has 0 spiro atoms. The molecule has 3 aromatic rings. The molecule has 0 atom stereocenters. The van der Waals surface area contributed by atoms with Gasteiger partial charge in [0.1, 0.15) is 5.75 Å². The van der Waals surface area contributed by atoms with Gasteiger partial charge in [-0.05, 0) is 43.3 Å². The Morgan fingerprint density at radius 3 is 2.54 bits per heavy atom. The van der Waals surface area contributed by atoms with Crippen molar-refractivity contribution in [3.8, 4) is 17.1 Å². The lowest BCUT2D eigenvalue weighted by molar-refractivity contribution is 0.340. The Morgan fingerprint density at radius 2 is 1.81 bits per heavy atom. The highest BCUT2D eigenvalue weighted by atomic mass is 35.5. The number of hydrogen-bond acceptors (Lipinski definition) is 5. The highest BCUT2D eigenvalue weighted by Crippen LogP contribution is 2.30. The summed E-state index contributed by atoms with van der Waals surface area (Å²) in [6.07, 6.45) is 0. The van der Waals surface area contributed by atoms with Gasteiger partial charge in [0.25, 0.3) is 0 Å². The van der Waals surface area contributed by atoms with E-state index in [-0.39, 0.29) is 0 Å². The van der Waals surface area contributed by atoms with Gasteiger partial charge in [0.05, 0.1) is 22.4 Å². The molecule has 2 heterocycles. The van der Waals surface area contributed by atoms with Crippen LogP contribution in [0.4, 0.5) is 0 Å². The number of halogens is 2. The van der Waals surface area contributed by atoms with Crippen LogP contribution in [0.1, 0.15) is 12.5 Å². The number of thioether (sulfide) groups is 1. The van der Waals surface area contributed by atoms with Gasteiger partial charge >= 0.3 is 0 Å². The van der Waals surface area contributed by atoms with Crippen molar-refractivity contribution in [2.45, 2.75) is 12.1 Å². The second kappa shape index (κ2) is 7.31. The molecule has 0 saturated heterocycles. The third-order valence-electron chi connectivity index (χ3n) is 3.85. The summed E-state index contributed by atoms with van der Waals surface area (Å²) in [5.74, 6) is 2.20. The lowest BCUT2D eigenvalue weighted by Gasteiger charge is -2.14. The minimum Gasteiger partial charge on any atom is -0.494 e. The molecule has 0 amide bonds. The van der Waals surface area contributed by atoms with Gasteiger partial charge in [-0.2, -0.15) is 9.78 Å². The third kappa shape index (κ3) is 3.32. The van der Waals surface area contributed by atoms with Crippen LogP contribution in [0.25, 0.3) is 11.4 Å². The number of rotatable bonds is 4. The molecule has 1 aromatic heterocycles. The quantitative estimate of drug-likeness (QED) is 0.613. The highest BCUT2D eigenvalue weighted by molar-refractivity contribution is 7.99. The lowest BCUT2D eigenvalue weighted by atomic mass is 10.1. The summed E-state index contributed by atoms with van der Waals surface area (Å²) in [5, 5.41) is 15.1. The minimum absolute atomic E-state index is 0.512. The van der Waals surface area contributed by atoms with Crippen molar-refractivity contribution in [3.63, 3.8) is 0 Å². The standard InChI is InChI=1S/C18H14Cl2N4OS/c1-2-25-13-6-3-11(4-7-13)17-21-22-18-24(17)23-16(10-26-18)12-5-8-14(19)15(20)9-12/h3-9H,2,10H2,1H3. The zero-order valence-corrected chi connectivity index (χ0v) is 16.1. The molecule has 5 nitrogen and oxygen atoms in total. The summed E-state index contributed by atoms with van der Waals surface area (Å²) in [6.45, 7) is 2.59. The summed E-state index contributed by atoms with van der Waals surface area (Å²) >= 11 is 13.7. The fraction of sp³-hybridized carbons (Fsp3) is 0.167. The van der Waals surface area contributed by atoms with Crippen LogP contribution in [0.2, 0.25) is 10.0 Å². The summed E-state index contributed by atoms with van der Waals surface area (Å²) in [5.41, 5.74) is 2.75. The van der Waals surface area contributed by atoms with Crippen molar-refractivity contribution in [2.24, 2.45) is 5.10 Å². The number of fused-ring (bicyclic) bond motifs is 1. The Bertz CT molecular complexity index is 985. The van der Waals surface area contributed by atoms with Crippen LogP contribution >= 0.6 is 35.0 Å². The Morgan fingerprint density at radius 1 is 1.04 bits per heavy atom. The van der Waals surface area contributed by atoms with Crippen LogP contribution in [0.3, 0.4) is 0 Å². The van der Waals surface area contributed by atoms with E-state index in [1.165, 1.54) is 0 Å². The molecule has 0 unspecified atom stereocenters. The van der Waals surface area contributed by atoms with Gasteiger partial charge < -0.3 is 4.74 Å². The van der Waals surface area contributed by atoms with Gasteiger partial charge in [-0.15, -0.1) is 10.2 Å². The zero-order valence-electron chi connectivity index (χ0n) is 13.8. The third-order valence-corrected chi connectivity index (χ3v) is 5.52. The van der Waals surface area contributed by atoms with Crippen LogP contribution in [-0.4, -0.2) is 32.9 Å². The van der Waals surface area contributed by atoms with E-state index in [1.54, 1.807) is 22.5 Å². The molecule has 0 N–H and O–H groups in total. The molecule has 2 aromatic carbocycles. The Kier molecular flexibility index (Phi) is 4.89. The van der Waals surface area contributed by atoms with Crippen molar-refractivity contribution < 1.29 is 4.74 Å². The molecular weight excluding hydrogens is 391 g/mol. The van der Waals surface area contributed by atoms with Gasteiger partial charge in [-0.25, -0.2) is 0 Å². The molecule has 0 fully saturated rings. The maximum atomic E-state index is 6.14. The molecule has 0 saturated carbocycles. The Hall–Kier alpha value is -2.02. The van der Waals surface area contributed by atoms with Crippen LogP contribution in [0.5, 0.6) is 5.75 Å². The fourth-order valence-electron chi connectivity index (χ4n) is 2.59. The molecule has 0 aliphatic carbocycles. The fourth-order valence-corrected chi connectivity index (χ4v) is 3.73. The largest absolute Gasteiger partial charge is 0.494 e. The molecular formula is C18H14Cl2N4OS. The molecule has 0 radical (unpaired) electrons. The van der Waals surface area contributed by atoms with E-state index in [9.17, 15) is 0 Å². The minimum atomic E-state index is 0.512. The van der Waals surface area contributed by atoms with Gasteiger partial charge in [0.15, 0.2) is 5.82 Å². The van der Waals surface area contributed by atoms with Crippen molar-refractivity contribution in [1.29, 1.82) is 0 Å². The van der Waals surface area contributed by atoms with Crippen LogP contribution in [0.15, 0.2) is 52.7 Å². The first-order valence-electron chi connectivity index (χ1n) is 8.00. The van der Waals surface area contributed by atoms with E-state index in [2.05, 4.69) is 10.2 Å². The lowest BCUT2D eigenvalue weighted by Crippen LogP contribution is -2.13. The summed E-state index contributed by atoms with van der Waals surface area (Å²) in [7, 11) is 0. The first kappa shape index (κ1) is 17.4. The predicted octanol–water partition coefficient (Wildman–Crippen LogP) is 5.01. The normalized spacial score (nSPS) is 13.3. The Balaban J connectivity index is 1.71. The average molecular weight is 405 g/mol. The molecule has 132 valence electrons. The number of benzene rings is 2. The van der Waals surface area contributed by atoms with E-state index >= 15 is 0 Å². The van der Waals surface area contributed by atoms with Gasteiger partial charge in [-0.3, -0.25) is 0 Å². The maximum Gasteiger partial charge on any atom is 0.212 e. The topological polar surface area (TPSA) is 52.3 Å². The van der Waals surface area contributed by atoms with Gasteiger partial charge in [-0.1, -0.05) is 41.0 Å². The monoisotopic (exact) mass is 404 g/mol. The molecule has 8 heteroatoms. The van der Waals surface area contributed by atoms with Crippen molar-refractivity contribution in [1.82, 2.24) is 14.9 Å². The van der Waals surface area contributed by atoms with Crippen LogP contribution < -0.4 is 4.74 Å². The van der Waals surface area contributed by atoms with Crippen molar-refractivity contribution in [3.05, 3.63) is 58.1 Å². The van der Waals surface area contributed by atoms with E-state index in [4.69, 9.17) is 33.0 Å². The van der Waals surface area contributed by atoms with Crippen LogP contribution in [-0.2, 0) is 0 Å². The number of ether oxygens (including phenoxy) is 1. The van der Waals surface area contributed by atoms with Gasteiger partial charge in [0, 0.05) is 16.9 Å². The van der Waals surface area contributed by atoms with Crippen LogP contribution in [0, 0.1) is 0 Å². The molecule has 26 heavy (non-hydrogen) atoms. The number of hydrogen-bond donors (Lipinski definition) is 0. The molecule has 1 aliphatic rings. The summed E-state index contributed by atoms with van der Waals surface area (Å²) < 4.78 is 7.25. The van der Waals surface area contributed by atoms with Crippen molar-refractivity contribution >= 4 is 40.7 Å². The van der Waals surface area contributed by atoms with E-state index < -0.39 is 0 Å². The second-order valence-corrected chi connectivity index (χ2v) is 7.30. The van der Waals surface area contributed by atoms with E-state index in [0.29, 0.717) is 28.2 Å². The second-order valence-electron chi connectivity index (χ2n) is 5.54. The summed E-state index contributed by atoms with van der Waals surface area (Å²) in [4.78, 5) is 0. The Labute approximate surface area is 165 Å². The first-order valence-corrected chi connectivity index (χ1v) is 9.74. The van der Waals surface area contributed by atoms with Crippen molar-refractivity contribution in [2.75, 3.05) is 12.4 Å². The maximum absolute atomic E-state index is 6.14. The average Bonchev–Trinajstić information content (AvgIpc) is 3.08. The highest BCUT2D eigenvalue weighted by Gasteiger charge is 2.21. The summed E-state index contributed by atoms with van der Waals surface area (Å²) in [6, 6.07) is 13.3. The molecule has 4 rings (SSSR count). The first-order chi connectivity index (χ1) is 12.7. The SMILES string of the molecule is CCOc1ccc(-c2nnc3n2N=C(c2ccc(Cl)c(Cl)c2)CS3)cc1. The zero-order chi connectivity index (χ0) is 18.1. The van der Waals surface area contributed by atoms with E-state index in [1.807, 2.05) is 43.3 Å².